The van der Waals surface area contributed by atoms with E-state index in [-0.39, 0.29) is 6.10 Å². The lowest BCUT2D eigenvalue weighted by atomic mass is 10.2. The summed E-state index contributed by atoms with van der Waals surface area (Å²) in [5, 5.41) is 0. The van der Waals surface area contributed by atoms with Gasteiger partial charge in [0.15, 0.2) is 0 Å². The molecule has 0 aromatic heterocycles. The van der Waals surface area contributed by atoms with Gasteiger partial charge in [0.05, 0.1) is 6.61 Å². The molecule has 0 radical (unpaired) electrons. The molecule has 0 spiro atoms. The van der Waals surface area contributed by atoms with E-state index in [0.717, 1.165) is 11.5 Å². The van der Waals surface area contributed by atoms with Gasteiger partial charge in [0.25, 0.3) is 0 Å². The summed E-state index contributed by atoms with van der Waals surface area (Å²) >= 11 is 0. The fourth-order valence-electron chi connectivity index (χ4n) is 2.43. The Hall–Kier alpha value is -1.48. The molecule has 1 aromatic carbocycles. The minimum absolute atomic E-state index is 0.0378. The highest BCUT2D eigenvalue weighted by Crippen LogP contribution is 2.24. The van der Waals surface area contributed by atoms with Crippen LogP contribution in [0.4, 0.5) is 0 Å². The number of ether oxygens (including phenoxy) is 3. The van der Waals surface area contributed by atoms with Gasteiger partial charge in [0, 0.05) is 13.2 Å². The molecule has 2 rings (SSSR count). The average molecular weight is 276 g/mol. The summed E-state index contributed by atoms with van der Waals surface area (Å²) in [6.07, 6.45) is 7.38. The minimum atomic E-state index is 0.0378. The van der Waals surface area contributed by atoms with Crippen LogP contribution in [0.5, 0.6) is 11.5 Å². The summed E-state index contributed by atoms with van der Waals surface area (Å²) in [6, 6.07) is 7.78. The molecule has 0 amide bonds. The first kappa shape index (κ1) is 14.9. The summed E-state index contributed by atoms with van der Waals surface area (Å²) < 4.78 is 16.6. The van der Waals surface area contributed by atoms with Gasteiger partial charge in [0.1, 0.15) is 24.2 Å². The molecule has 1 fully saturated rings. The molecule has 3 heteroatoms. The molecule has 0 aliphatic heterocycles. The summed E-state index contributed by atoms with van der Waals surface area (Å²) in [4.78, 5) is 0. The lowest BCUT2D eigenvalue weighted by molar-refractivity contribution is 0.0919. The van der Waals surface area contributed by atoms with Gasteiger partial charge in [-0.2, -0.15) is 0 Å². The van der Waals surface area contributed by atoms with Crippen LogP contribution in [0.2, 0.25) is 0 Å². The highest BCUT2D eigenvalue weighted by Gasteiger charge is 2.06. The van der Waals surface area contributed by atoms with E-state index in [2.05, 4.69) is 6.08 Å². The molecular weight excluding hydrogens is 252 g/mol. The summed E-state index contributed by atoms with van der Waals surface area (Å²) in [7, 11) is 1.68. The number of allylic oxidation sites excluding steroid dienone is 1. The SMILES string of the molecule is COC[C@H](C)Oc1cccc(OCC=C2CCCC2)c1. The van der Waals surface area contributed by atoms with E-state index in [0.29, 0.717) is 13.2 Å². The van der Waals surface area contributed by atoms with Crippen molar-refractivity contribution >= 4 is 0 Å². The van der Waals surface area contributed by atoms with Gasteiger partial charge in [0.2, 0.25) is 0 Å². The third-order valence-electron chi connectivity index (χ3n) is 3.41. The van der Waals surface area contributed by atoms with E-state index in [1.165, 1.54) is 31.3 Å². The Morgan fingerprint density at radius 2 is 1.95 bits per heavy atom. The minimum Gasteiger partial charge on any atom is -0.489 e. The zero-order valence-corrected chi connectivity index (χ0v) is 12.4. The first-order valence-corrected chi connectivity index (χ1v) is 7.34. The summed E-state index contributed by atoms with van der Waals surface area (Å²) in [5.74, 6) is 1.67. The standard InChI is InChI=1S/C17H24O3/c1-14(13-18-2)20-17-9-5-8-16(12-17)19-11-10-15-6-3-4-7-15/h5,8-10,12,14H,3-4,6-7,11,13H2,1-2H3/t14-/m0/s1. The predicted octanol–water partition coefficient (Wildman–Crippen LogP) is 3.98. The van der Waals surface area contributed by atoms with Crippen LogP contribution in [0.25, 0.3) is 0 Å². The largest absolute Gasteiger partial charge is 0.489 e. The predicted molar refractivity (Wildman–Crippen MR) is 80.5 cm³/mol. The molecule has 1 aliphatic rings. The van der Waals surface area contributed by atoms with Gasteiger partial charge in [-0.15, -0.1) is 0 Å². The molecule has 0 heterocycles. The maximum atomic E-state index is 5.76. The van der Waals surface area contributed by atoms with Gasteiger partial charge < -0.3 is 14.2 Å². The lowest BCUT2D eigenvalue weighted by Gasteiger charge is -2.14. The number of benzene rings is 1. The quantitative estimate of drug-likeness (QED) is 0.705. The average Bonchev–Trinajstić information content (AvgIpc) is 2.92. The smallest absolute Gasteiger partial charge is 0.123 e. The van der Waals surface area contributed by atoms with Gasteiger partial charge in [-0.25, -0.2) is 0 Å². The summed E-state index contributed by atoms with van der Waals surface area (Å²) in [5.41, 5.74) is 1.53. The second kappa shape index (κ2) is 7.95. The highest BCUT2D eigenvalue weighted by molar-refractivity contribution is 5.33. The van der Waals surface area contributed by atoms with Crippen molar-refractivity contribution in [2.24, 2.45) is 0 Å². The van der Waals surface area contributed by atoms with Crippen molar-refractivity contribution in [2.75, 3.05) is 20.3 Å². The fourth-order valence-corrected chi connectivity index (χ4v) is 2.43. The molecule has 1 saturated carbocycles. The number of rotatable bonds is 7. The molecule has 0 bridgehead atoms. The van der Waals surface area contributed by atoms with Crippen LogP contribution >= 0.6 is 0 Å². The molecule has 1 atom stereocenters. The Bertz CT molecular complexity index is 432. The van der Waals surface area contributed by atoms with Crippen molar-refractivity contribution in [1.29, 1.82) is 0 Å². The molecule has 3 nitrogen and oxygen atoms in total. The topological polar surface area (TPSA) is 27.7 Å². The Morgan fingerprint density at radius 3 is 2.70 bits per heavy atom. The van der Waals surface area contributed by atoms with Gasteiger partial charge in [-0.1, -0.05) is 11.6 Å². The summed E-state index contributed by atoms with van der Waals surface area (Å²) in [6.45, 7) is 3.21. The van der Waals surface area contributed by atoms with Crippen LogP contribution in [0, 0.1) is 0 Å². The van der Waals surface area contributed by atoms with E-state index in [9.17, 15) is 0 Å². The second-order valence-electron chi connectivity index (χ2n) is 5.24. The zero-order valence-electron chi connectivity index (χ0n) is 12.4. The second-order valence-corrected chi connectivity index (χ2v) is 5.24. The van der Waals surface area contributed by atoms with Gasteiger partial charge >= 0.3 is 0 Å². The Morgan fingerprint density at radius 1 is 1.20 bits per heavy atom. The third-order valence-corrected chi connectivity index (χ3v) is 3.41. The van der Waals surface area contributed by atoms with Crippen molar-refractivity contribution in [2.45, 2.75) is 38.7 Å². The van der Waals surface area contributed by atoms with Gasteiger partial charge in [-0.3, -0.25) is 0 Å². The number of hydrogen-bond acceptors (Lipinski definition) is 3. The van der Waals surface area contributed by atoms with Crippen molar-refractivity contribution in [3.05, 3.63) is 35.9 Å². The maximum Gasteiger partial charge on any atom is 0.123 e. The van der Waals surface area contributed by atoms with E-state index >= 15 is 0 Å². The van der Waals surface area contributed by atoms with E-state index < -0.39 is 0 Å². The first-order valence-electron chi connectivity index (χ1n) is 7.34. The first-order chi connectivity index (χ1) is 9.78. The van der Waals surface area contributed by atoms with Crippen molar-refractivity contribution < 1.29 is 14.2 Å². The van der Waals surface area contributed by atoms with E-state index in [1.54, 1.807) is 7.11 Å². The third kappa shape index (κ3) is 4.89. The van der Waals surface area contributed by atoms with E-state index in [1.807, 2.05) is 31.2 Å². The van der Waals surface area contributed by atoms with Crippen LogP contribution in [0.3, 0.4) is 0 Å². The Balaban J connectivity index is 1.84. The van der Waals surface area contributed by atoms with Crippen molar-refractivity contribution in [3.8, 4) is 11.5 Å². The Labute approximate surface area is 121 Å². The van der Waals surface area contributed by atoms with Crippen LogP contribution in [-0.2, 0) is 4.74 Å². The van der Waals surface area contributed by atoms with Crippen LogP contribution in [0.15, 0.2) is 35.9 Å². The van der Waals surface area contributed by atoms with Crippen molar-refractivity contribution in [3.63, 3.8) is 0 Å². The fraction of sp³-hybridized carbons (Fsp3) is 0.529. The molecule has 0 N–H and O–H groups in total. The number of hydrogen-bond donors (Lipinski definition) is 0. The van der Waals surface area contributed by atoms with Crippen molar-refractivity contribution in [1.82, 2.24) is 0 Å². The van der Waals surface area contributed by atoms with Crippen LogP contribution < -0.4 is 9.47 Å². The highest BCUT2D eigenvalue weighted by atomic mass is 16.5. The molecule has 110 valence electrons. The monoisotopic (exact) mass is 276 g/mol. The molecule has 0 unspecified atom stereocenters. The zero-order chi connectivity index (χ0) is 14.2. The van der Waals surface area contributed by atoms with Crippen LogP contribution in [-0.4, -0.2) is 26.4 Å². The molecule has 20 heavy (non-hydrogen) atoms. The maximum absolute atomic E-state index is 5.76. The number of methoxy groups -OCH3 is 1. The molecule has 1 aliphatic carbocycles. The molecular formula is C17H24O3. The van der Waals surface area contributed by atoms with Crippen LogP contribution in [0.1, 0.15) is 32.6 Å². The van der Waals surface area contributed by atoms with Gasteiger partial charge in [-0.05, 0) is 50.8 Å². The lowest BCUT2D eigenvalue weighted by Crippen LogP contribution is -2.17. The van der Waals surface area contributed by atoms with E-state index in [4.69, 9.17) is 14.2 Å². The normalized spacial score (nSPS) is 16.0. The molecule has 0 saturated heterocycles. The Kier molecular flexibility index (Phi) is 5.93. The molecule has 1 aromatic rings.